The molecule has 4 N–H and O–H groups in total. The van der Waals surface area contributed by atoms with Gasteiger partial charge in [0.05, 0.1) is 17.8 Å². The topological polar surface area (TPSA) is 174 Å². The summed E-state index contributed by atoms with van der Waals surface area (Å²) in [5.74, 6) is 0.116. The third-order valence-electron chi connectivity index (χ3n) is 9.50. The Morgan fingerprint density at radius 3 is 2.31 bits per heavy atom. The van der Waals surface area contributed by atoms with Gasteiger partial charge in [-0.25, -0.2) is 9.67 Å². The summed E-state index contributed by atoms with van der Waals surface area (Å²) in [6, 6.07) is 15.8. The highest BCUT2D eigenvalue weighted by Gasteiger charge is 2.32. The van der Waals surface area contributed by atoms with Crippen molar-refractivity contribution in [2.45, 2.75) is 111 Å². The van der Waals surface area contributed by atoms with Crippen LogP contribution in [0.3, 0.4) is 0 Å². The summed E-state index contributed by atoms with van der Waals surface area (Å²) in [6.07, 6.45) is 1.16. The second kappa shape index (κ2) is 18.7. The Bertz CT molecular complexity index is 1920. The molecule has 4 aromatic rings. The number of carbonyl (C=O) groups excluding carboxylic acids is 4. The molecule has 4 heterocycles. The number of fused-ring (bicyclic) bond motifs is 14. The van der Waals surface area contributed by atoms with Crippen LogP contribution in [0.4, 0.5) is 0 Å². The Kier molecular flexibility index (Phi) is 13.8. The van der Waals surface area contributed by atoms with Gasteiger partial charge >= 0.3 is 0 Å². The van der Waals surface area contributed by atoms with Crippen LogP contribution in [-0.2, 0) is 45.1 Å². The van der Waals surface area contributed by atoms with Gasteiger partial charge in [0.25, 0.3) is 0 Å². The van der Waals surface area contributed by atoms with E-state index in [1.54, 1.807) is 11.6 Å². The average Bonchev–Trinajstić information content (AvgIpc) is 3.66. The lowest BCUT2D eigenvalue weighted by Gasteiger charge is -2.27. The molecule has 2 bridgehead atoms. The van der Waals surface area contributed by atoms with Crippen molar-refractivity contribution < 1.29 is 23.9 Å². The predicted molar refractivity (Wildman–Crippen MR) is 208 cm³/mol. The van der Waals surface area contributed by atoms with Gasteiger partial charge in [0.1, 0.15) is 36.8 Å². The van der Waals surface area contributed by atoms with E-state index in [-0.39, 0.29) is 56.2 Å². The van der Waals surface area contributed by atoms with E-state index in [9.17, 15) is 19.2 Å². The summed E-state index contributed by atoms with van der Waals surface area (Å²) in [5.41, 5.74) is 3.42. The molecule has 6 rings (SSSR count). The van der Waals surface area contributed by atoms with E-state index >= 15 is 0 Å². The molecular weight excluding hydrogens is 699 g/mol. The number of nitrogens with zero attached hydrogens (tertiary/aromatic N) is 5. The van der Waals surface area contributed by atoms with E-state index in [0.717, 1.165) is 22.5 Å². The molecule has 294 valence electrons. The molecule has 0 unspecified atom stereocenters. The number of hydrogen-bond donors (Lipinski definition) is 4. The van der Waals surface area contributed by atoms with Gasteiger partial charge in [-0.15, -0.1) is 0 Å². The number of aryl methyl sites for hydroxylation is 4. The molecule has 55 heavy (non-hydrogen) atoms. The molecule has 2 aromatic carbocycles. The van der Waals surface area contributed by atoms with Crippen molar-refractivity contribution in [3.05, 3.63) is 94.8 Å². The van der Waals surface area contributed by atoms with E-state index in [1.165, 1.54) is 4.68 Å². The number of hydrogen-bond acceptors (Lipinski definition) is 8. The van der Waals surface area contributed by atoms with E-state index in [1.807, 2.05) is 88.4 Å². The molecule has 4 amide bonds. The Labute approximate surface area is 323 Å². The minimum atomic E-state index is -1.01. The molecule has 0 saturated heterocycles. The Balaban J connectivity index is 1.49. The van der Waals surface area contributed by atoms with E-state index in [4.69, 9.17) is 4.74 Å². The van der Waals surface area contributed by atoms with Crippen molar-refractivity contribution >= 4 is 23.6 Å². The van der Waals surface area contributed by atoms with Gasteiger partial charge in [0.15, 0.2) is 5.82 Å². The highest BCUT2D eigenvalue weighted by atomic mass is 16.5. The van der Waals surface area contributed by atoms with Crippen molar-refractivity contribution in [3.8, 4) is 5.75 Å². The summed E-state index contributed by atoms with van der Waals surface area (Å²) in [7, 11) is 0. The molecule has 14 nitrogen and oxygen atoms in total. The van der Waals surface area contributed by atoms with Crippen molar-refractivity contribution in [2.75, 3.05) is 6.61 Å². The van der Waals surface area contributed by atoms with E-state index < -0.39 is 29.9 Å². The monoisotopic (exact) mass is 753 g/mol. The minimum absolute atomic E-state index is 0.107. The lowest BCUT2D eigenvalue weighted by atomic mass is 10.00. The molecule has 0 radical (unpaired) electrons. The normalized spacial score (nSPS) is 20.0. The van der Waals surface area contributed by atoms with Crippen LogP contribution in [0.5, 0.6) is 5.75 Å². The average molecular weight is 754 g/mol. The Hall–Kier alpha value is -5.53. The van der Waals surface area contributed by atoms with Crippen LogP contribution in [0, 0.1) is 32.6 Å². The van der Waals surface area contributed by atoms with Crippen molar-refractivity contribution in [2.24, 2.45) is 11.8 Å². The number of amides is 4. The van der Waals surface area contributed by atoms with Gasteiger partial charge in [-0.1, -0.05) is 70.2 Å². The van der Waals surface area contributed by atoms with Gasteiger partial charge in [-0.2, -0.15) is 10.2 Å². The second-order valence-corrected chi connectivity index (χ2v) is 15.2. The predicted octanol–water partition coefficient (Wildman–Crippen LogP) is 3.68. The molecule has 0 fully saturated rings. The minimum Gasteiger partial charge on any atom is -0.491 e. The van der Waals surface area contributed by atoms with Gasteiger partial charge in [-0.05, 0) is 68.4 Å². The molecular formula is C41H55N9O5. The fourth-order valence-electron chi connectivity index (χ4n) is 6.82. The molecule has 4 atom stereocenters. The fourth-order valence-corrected chi connectivity index (χ4v) is 6.82. The highest BCUT2D eigenvalue weighted by Crippen LogP contribution is 2.22. The maximum Gasteiger partial charge on any atom is 0.243 e. The first-order valence-corrected chi connectivity index (χ1v) is 19.1. The van der Waals surface area contributed by atoms with Crippen LogP contribution in [-0.4, -0.2) is 72.9 Å². The summed E-state index contributed by atoms with van der Waals surface area (Å²) < 4.78 is 9.45. The quantitative estimate of drug-likeness (QED) is 0.200. The van der Waals surface area contributed by atoms with Crippen LogP contribution < -0.4 is 26.0 Å². The number of benzene rings is 2. The number of aromatic nitrogens is 5. The molecule has 0 spiro atoms. The number of nitrogens with one attached hydrogen (secondary N) is 4. The third kappa shape index (κ3) is 11.7. The van der Waals surface area contributed by atoms with E-state index in [0.29, 0.717) is 36.3 Å². The summed E-state index contributed by atoms with van der Waals surface area (Å²) >= 11 is 0. The smallest absolute Gasteiger partial charge is 0.243 e. The van der Waals surface area contributed by atoms with Crippen LogP contribution in [0.15, 0.2) is 60.7 Å². The van der Waals surface area contributed by atoms with Crippen LogP contribution >= 0.6 is 0 Å². The zero-order valence-corrected chi connectivity index (χ0v) is 33.0. The number of carbonyl (C=O) groups is 4. The standard InChI is InChI=1S/C41H55N9O5/c1-25(2)19-32-24-55-33-15-13-31(14-16-33)22-34(44-36(51)17-18-49-28(6)20-27(5)47-49)40(53)45-35(21-30-11-9-8-10-12-30)41(54)46-38(26(3)4)39-42-29(7)48-50(39)23-37(52)43-32/h8-16,20,25-26,32,34-35,38H,17-19,21-24H2,1-7H3,(H,43,52)(H,44,51)(H,45,53)(H,46,54)/t32-,34+,35-,38-/m0/s1. The molecule has 0 aliphatic carbocycles. The molecule has 2 aliphatic rings. The first-order chi connectivity index (χ1) is 26.2. The second-order valence-electron chi connectivity index (χ2n) is 15.2. The Morgan fingerprint density at radius 1 is 0.927 bits per heavy atom. The zero-order chi connectivity index (χ0) is 39.6. The van der Waals surface area contributed by atoms with Gasteiger partial charge in [0, 0.05) is 31.5 Å². The molecule has 0 saturated carbocycles. The summed E-state index contributed by atoms with van der Waals surface area (Å²) in [4.78, 5) is 60.2. The number of rotatable bonds is 9. The molecule has 2 aromatic heterocycles. The summed E-state index contributed by atoms with van der Waals surface area (Å²) in [6.45, 7) is 14.1. The zero-order valence-electron chi connectivity index (χ0n) is 33.0. The van der Waals surface area contributed by atoms with E-state index in [2.05, 4.69) is 50.3 Å². The third-order valence-corrected chi connectivity index (χ3v) is 9.50. The van der Waals surface area contributed by atoms with Crippen molar-refractivity contribution in [3.63, 3.8) is 0 Å². The first-order valence-electron chi connectivity index (χ1n) is 19.1. The largest absolute Gasteiger partial charge is 0.491 e. The van der Waals surface area contributed by atoms with Gasteiger partial charge in [0.2, 0.25) is 23.6 Å². The van der Waals surface area contributed by atoms with Crippen LogP contribution in [0.2, 0.25) is 0 Å². The SMILES string of the molecule is Cc1cc(C)n(CCC(=O)N[C@@H]2Cc3ccc(cc3)OC[C@H](CC(C)C)NC(=O)Cn3nc(C)nc3[C@H](C(C)C)NC(=O)[C@H](Cc3ccccc3)NC2=O)n1. The van der Waals surface area contributed by atoms with Crippen molar-refractivity contribution in [1.29, 1.82) is 0 Å². The first kappa shape index (κ1) is 40.7. The fraction of sp³-hybridized carbons (Fsp3) is 0.488. The maximum atomic E-state index is 14.3. The lowest BCUT2D eigenvalue weighted by Crippen LogP contribution is -2.55. The van der Waals surface area contributed by atoms with Gasteiger partial charge < -0.3 is 26.0 Å². The van der Waals surface area contributed by atoms with Gasteiger partial charge in [-0.3, -0.25) is 23.9 Å². The molecule has 14 heteroatoms. The molecule has 2 aliphatic heterocycles. The van der Waals surface area contributed by atoms with Crippen molar-refractivity contribution in [1.82, 2.24) is 45.8 Å². The number of ether oxygens (including phenoxy) is 1. The van der Waals surface area contributed by atoms with Crippen LogP contribution in [0.1, 0.15) is 80.7 Å². The lowest BCUT2D eigenvalue weighted by molar-refractivity contribution is -0.132. The van der Waals surface area contributed by atoms with Crippen LogP contribution in [0.25, 0.3) is 0 Å². The Morgan fingerprint density at radius 2 is 1.65 bits per heavy atom. The highest BCUT2D eigenvalue weighted by molar-refractivity contribution is 5.92. The maximum absolute atomic E-state index is 14.3. The summed E-state index contributed by atoms with van der Waals surface area (Å²) in [5, 5.41) is 21.1.